The molecule has 0 saturated carbocycles. The molecule has 0 spiro atoms. The van der Waals surface area contributed by atoms with Gasteiger partial charge in [-0.15, -0.1) is 35.3 Å². The second-order valence-corrected chi connectivity index (χ2v) is 7.16. The van der Waals surface area contributed by atoms with Gasteiger partial charge in [-0.05, 0) is 31.5 Å². The molecule has 0 amide bonds. The lowest BCUT2D eigenvalue weighted by atomic mass is 10.2. The Morgan fingerprint density at radius 1 is 1.24 bits per heavy atom. The van der Waals surface area contributed by atoms with Crippen LogP contribution in [0.2, 0.25) is 0 Å². The molecule has 0 radical (unpaired) electrons. The molecule has 1 unspecified atom stereocenters. The van der Waals surface area contributed by atoms with Crippen molar-refractivity contribution in [1.29, 1.82) is 0 Å². The smallest absolute Gasteiger partial charge is 0.194 e. The van der Waals surface area contributed by atoms with Crippen LogP contribution in [0.25, 0.3) is 0 Å². The van der Waals surface area contributed by atoms with Gasteiger partial charge in [-0.1, -0.05) is 6.07 Å². The normalized spacial score (nSPS) is 12.1. The number of benzene rings is 1. The lowest BCUT2D eigenvalue weighted by Crippen LogP contribution is -2.38. The van der Waals surface area contributed by atoms with Crippen LogP contribution in [0.3, 0.4) is 0 Å². The van der Waals surface area contributed by atoms with Crippen LogP contribution in [-0.4, -0.2) is 50.8 Å². The number of nitrogens with zero attached hydrogens (tertiary/aromatic N) is 3. The summed E-state index contributed by atoms with van der Waals surface area (Å²) in [6, 6.07) is 5.84. The van der Waals surface area contributed by atoms with Gasteiger partial charge in [0.25, 0.3) is 0 Å². The highest BCUT2D eigenvalue weighted by Crippen LogP contribution is 2.27. The van der Waals surface area contributed by atoms with E-state index in [4.69, 9.17) is 19.2 Å². The summed E-state index contributed by atoms with van der Waals surface area (Å²) in [4.78, 5) is 11.5. The Kier molecular flexibility index (Phi) is 11.3. The molecule has 9 heteroatoms. The van der Waals surface area contributed by atoms with Crippen molar-refractivity contribution in [3.05, 3.63) is 39.8 Å². The van der Waals surface area contributed by atoms with E-state index in [0.29, 0.717) is 24.6 Å². The van der Waals surface area contributed by atoms with Gasteiger partial charge in [0, 0.05) is 26.1 Å². The topological polar surface area (TPSA) is 68.2 Å². The number of aromatic nitrogens is 1. The SMILES string of the molecule is CCNC(=NCc1ccc(OC)c(OC)c1)N(C)Cc1csc(C(C)OC)n1.I. The van der Waals surface area contributed by atoms with E-state index in [2.05, 4.69) is 27.5 Å². The molecular formula is C20H31IN4O3S. The number of halogens is 1. The quantitative estimate of drug-likeness (QED) is 0.297. The molecule has 29 heavy (non-hydrogen) atoms. The van der Waals surface area contributed by atoms with Crippen LogP contribution < -0.4 is 14.8 Å². The van der Waals surface area contributed by atoms with Crippen molar-refractivity contribution in [1.82, 2.24) is 15.2 Å². The van der Waals surface area contributed by atoms with E-state index in [1.54, 1.807) is 32.7 Å². The first-order valence-corrected chi connectivity index (χ1v) is 10.1. The average molecular weight is 534 g/mol. The fourth-order valence-corrected chi connectivity index (χ4v) is 3.46. The Bertz CT molecular complexity index is 785. The molecular weight excluding hydrogens is 503 g/mol. The third kappa shape index (κ3) is 7.31. The highest BCUT2D eigenvalue weighted by atomic mass is 127. The van der Waals surface area contributed by atoms with Crippen molar-refractivity contribution in [2.24, 2.45) is 4.99 Å². The molecule has 2 aromatic rings. The van der Waals surface area contributed by atoms with E-state index in [9.17, 15) is 0 Å². The van der Waals surface area contributed by atoms with Gasteiger partial charge in [-0.2, -0.15) is 0 Å². The van der Waals surface area contributed by atoms with Crippen molar-refractivity contribution in [3.8, 4) is 11.5 Å². The third-order valence-electron chi connectivity index (χ3n) is 4.23. The first-order chi connectivity index (χ1) is 13.5. The maximum Gasteiger partial charge on any atom is 0.194 e. The summed E-state index contributed by atoms with van der Waals surface area (Å²) >= 11 is 1.62. The Hall–Kier alpha value is -1.59. The fourth-order valence-electron chi connectivity index (χ4n) is 2.62. The Morgan fingerprint density at radius 3 is 2.59 bits per heavy atom. The maximum atomic E-state index is 5.37. The molecule has 1 aromatic carbocycles. The summed E-state index contributed by atoms with van der Waals surface area (Å²) < 4.78 is 16.0. The Morgan fingerprint density at radius 2 is 1.97 bits per heavy atom. The van der Waals surface area contributed by atoms with Gasteiger partial charge in [0.1, 0.15) is 11.1 Å². The standard InChI is InChI=1S/C20H30N4O3S.HI/c1-7-21-20(22-11-15-8-9-17(26-5)18(10-15)27-6)24(3)12-16-13-28-19(23-16)14(2)25-4;/h8-10,13-14H,7,11-12H2,1-6H3,(H,21,22);1H. The van der Waals surface area contributed by atoms with E-state index in [0.717, 1.165) is 28.8 Å². The monoisotopic (exact) mass is 534 g/mol. The van der Waals surface area contributed by atoms with Crippen LogP contribution in [0.4, 0.5) is 0 Å². The molecule has 1 heterocycles. The number of nitrogens with one attached hydrogen (secondary N) is 1. The second kappa shape index (κ2) is 12.9. The van der Waals surface area contributed by atoms with Gasteiger partial charge in [0.05, 0.1) is 33.0 Å². The largest absolute Gasteiger partial charge is 0.493 e. The van der Waals surface area contributed by atoms with Gasteiger partial charge in [0.2, 0.25) is 0 Å². The molecule has 0 aliphatic heterocycles. The number of thiazole rings is 1. The van der Waals surface area contributed by atoms with Gasteiger partial charge >= 0.3 is 0 Å². The fraction of sp³-hybridized carbons (Fsp3) is 0.500. The lowest BCUT2D eigenvalue weighted by Gasteiger charge is -2.21. The van der Waals surface area contributed by atoms with Crippen molar-refractivity contribution in [3.63, 3.8) is 0 Å². The van der Waals surface area contributed by atoms with Gasteiger partial charge in [-0.3, -0.25) is 0 Å². The summed E-state index contributed by atoms with van der Waals surface area (Å²) in [5, 5.41) is 6.39. The zero-order chi connectivity index (χ0) is 20.5. The molecule has 1 atom stereocenters. The second-order valence-electron chi connectivity index (χ2n) is 6.27. The van der Waals surface area contributed by atoms with E-state index < -0.39 is 0 Å². The minimum Gasteiger partial charge on any atom is -0.493 e. The Balaban J connectivity index is 0.00000420. The number of methoxy groups -OCH3 is 3. The summed E-state index contributed by atoms with van der Waals surface area (Å²) in [5.74, 6) is 2.24. The number of ether oxygens (including phenoxy) is 3. The van der Waals surface area contributed by atoms with Crippen LogP contribution in [0.5, 0.6) is 11.5 Å². The average Bonchev–Trinajstić information content (AvgIpc) is 3.18. The van der Waals surface area contributed by atoms with Crippen molar-refractivity contribution in [2.45, 2.75) is 33.0 Å². The zero-order valence-corrected chi connectivity index (χ0v) is 21.0. The van der Waals surface area contributed by atoms with Crippen LogP contribution in [0.15, 0.2) is 28.6 Å². The maximum absolute atomic E-state index is 5.37. The van der Waals surface area contributed by atoms with E-state index in [1.807, 2.05) is 32.2 Å². The predicted molar refractivity (Wildman–Crippen MR) is 129 cm³/mol. The molecule has 0 aliphatic carbocycles. The van der Waals surface area contributed by atoms with Gasteiger partial charge < -0.3 is 24.4 Å². The summed E-state index contributed by atoms with van der Waals surface area (Å²) in [7, 11) is 6.97. The first kappa shape index (κ1) is 25.4. The number of guanidine groups is 1. The lowest BCUT2D eigenvalue weighted by molar-refractivity contribution is 0.119. The molecule has 0 bridgehead atoms. The molecule has 162 valence electrons. The molecule has 7 nitrogen and oxygen atoms in total. The number of aliphatic imine (C=N–C) groups is 1. The van der Waals surface area contributed by atoms with Crippen molar-refractivity contribution >= 4 is 41.3 Å². The minimum atomic E-state index is 0. The van der Waals surface area contributed by atoms with Gasteiger partial charge in [0.15, 0.2) is 17.5 Å². The van der Waals surface area contributed by atoms with Crippen LogP contribution in [0, 0.1) is 0 Å². The van der Waals surface area contributed by atoms with Crippen LogP contribution in [0.1, 0.15) is 36.2 Å². The zero-order valence-electron chi connectivity index (χ0n) is 17.9. The third-order valence-corrected chi connectivity index (χ3v) is 5.28. The van der Waals surface area contributed by atoms with E-state index in [1.165, 1.54) is 0 Å². The van der Waals surface area contributed by atoms with E-state index >= 15 is 0 Å². The number of rotatable bonds is 9. The summed E-state index contributed by atoms with van der Waals surface area (Å²) in [5.41, 5.74) is 2.05. The summed E-state index contributed by atoms with van der Waals surface area (Å²) in [6.45, 7) is 6.06. The molecule has 0 fully saturated rings. The van der Waals surface area contributed by atoms with Crippen LogP contribution in [-0.2, 0) is 17.8 Å². The molecule has 2 rings (SSSR count). The highest BCUT2D eigenvalue weighted by molar-refractivity contribution is 14.0. The van der Waals surface area contributed by atoms with Crippen LogP contribution >= 0.6 is 35.3 Å². The van der Waals surface area contributed by atoms with Crippen molar-refractivity contribution in [2.75, 3.05) is 34.9 Å². The molecule has 1 aromatic heterocycles. The van der Waals surface area contributed by atoms with Crippen molar-refractivity contribution < 1.29 is 14.2 Å². The summed E-state index contributed by atoms with van der Waals surface area (Å²) in [6.07, 6.45) is 0.0102. The molecule has 0 aliphatic rings. The minimum absolute atomic E-state index is 0. The van der Waals surface area contributed by atoms with E-state index in [-0.39, 0.29) is 30.1 Å². The first-order valence-electron chi connectivity index (χ1n) is 9.19. The number of hydrogen-bond donors (Lipinski definition) is 1. The van der Waals surface area contributed by atoms with Gasteiger partial charge in [-0.25, -0.2) is 9.98 Å². The molecule has 0 saturated heterocycles. The highest BCUT2D eigenvalue weighted by Gasteiger charge is 2.13. The number of hydrogen-bond acceptors (Lipinski definition) is 6. The predicted octanol–water partition coefficient (Wildman–Crippen LogP) is 4.08. The molecule has 1 N–H and O–H groups in total. The Labute approximate surface area is 194 Å².